The SMILES string of the molecule is COc1ccc(-c2cc3c(=O)n(Cc4nc(-c5cccc(OC)c5OC)oc4C)ccn3n2)cc1. The third-order valence-corrected chi connectivity index (χ3v) is 5.84. The van der Waals surface area contributed by atoms with Crippen LogP contribution in [0.1, 0.15) is 11.5 Å². The lowest BCUT2D eigenvalue weighted by Gasteiger charge is -2.10. The summed E-state index contributed by atoms with van der Waals surface area (Å²) in [4.78, 5) is 17.9. The number of aryl methyl sites for hydroxylation is 1. The first-order valence-corrected chi connectivity index (χ1v) is 10.9. The number of methoxy groups -OCH3 is 3. The Morgan fingerprint density at radius 1 is 0.971 bits per heavy atom. The van der Waals surface area contributed by atoms with Gasteiger partial charge < -0.3 is 23.2 Å². The third-order valence-electron chi connectivity index (χ3n) is 5.84. The summed E-state index contributed by atoms with van der Waals surface area (Å²) in [7, 11) is 4.76. The van der Waals surface area contributed by atoms with Crippen LogP contribution in [-0.2, 0) is 6.54 Å². The minimum Gasteiger partial charge on any atom is -0.497 e. The highest BCUT2D eigenvalue weighted by atomic mass is 16.5. The van der Waals surface area contributed by atoms with Gasteiger partial charge in [0.05, 0.1) is 39.1 Å². The van der Waals surface area contributed by atoms with Gasteiger partial charge in [0, 0.05) is 18.0 Å². The molecule has 0 aliphatic carbocycles. The third kappa shape index (κ3) is 4.01. The van der Waals surface area contributed by atoms with Gasteiger partial charge in [-0.1, -0.05) is 6.07 Å². The molecule has 178 valence electrons. The van der Waals surface area contributed by atoms with Crippen LogP contribution < -0.4 is 19.8 Å². The van der Waals surface area contributed by atoms with Crippen molar-refractivity contribution in [3.05, 3.63) is 82.7 Å². The molecular weight excluding hydrogens is 448 g/mol. The summed E-state index contributed by atoms with van der Waals surface area (Å²) in [5.41, 5.74) is 3.20. The number of fused-ring (bicyclic) bond motifs is 1. The highest BCUT2D eigenvalue weighted by Gasteiger charge is 2.19. The molecule has 9 heteroatoms. The molecular formula is C26H24N4O5. The molecule has 0 atom stereocenters. The molecule has 0 amide bonds. The van der Waals surface area contributed by atoms with Crippen molar-refractivity contribution in [2.45, 2.75) is 13.5 Å². The lowest BCUT2D eigenvalue weighted by atomic mass is 10.1. The molecule has 0 spiro atoms. The summed E-state index contributed by atoms with van der Waals surface area (Å²) >= 11 is 0. The van der Waals surface area contributed by atoms with E-state index in [4.69, 9.17) is 18.6 Å². The number of rotatable bonds is 7. The number of hydrogen-bond acceptors (Lipinski definition) is 7. The van der Waals surface area contributed by atoms with E-state index in [0.29, 0.717) is 45.6 Å². The van der Waals surface area contributed by atoms with Crippen LogP contribution in [0.3, 0.4) is 0 Å². The van der Waals surface area contributed by atoms with Crippen LogP contribution in [0.4, 0.5) is 0 Å². The van der Waals surface area contributed by atoms with E-state index in [2.05, 4.69) is 10.1 Å². The molecule has 0 N–H and O–H groups in total. The Labute approximate surface area is 201 Å². The predicted molar refractivity (Wildman–Crippen MR) is 130 cm³/mol. The molecule has 5 rings (SSSR count). The molecule has 0 unspecified atom stereocenters. The zero-order chi connectivity index (χ0) is 24.5. The number of oxazole rings is 1. The van der Waals surface area contributed by atoms with Gasteiger partial charge in [-0.05, 0) is 49.4 Å². The minimum absolute atomic E-state index is 0.178. The van der Waals surface area contributed by atoms with Gasteiger partial charge >= 0.3 is 0 Å². The maximum atomic E-state index is 13.2. The number of nitrogens with zero attached hydrogens (tertiary/aromatic N) is 4. The average Bonchev–Trinajstić information content (AvgIpc) is 3.49. The zero-order valence-electron chi connectivity index (χ0n) is 19.8. The number of para-hydroxylation sites is 1. The maximum absolute atomic E-state index is 13.2. The van der Waals surface area contributed by atoms with Crippen LogP contribution in [0.15, 0.2) is 70.1 Å². The minimum atomic E-state index is -0.178. The van der Waals surface area contributed by atoms with E-state index in [9.17, 15) is 4.79 Å². The smallest absolute Gasteiger partial charge is 0.276 e. The molecule has 35 heavy (non-hydrogen) atoms. The molecule has 2 aromatic carbocycles. The standard InChI is InChI=1S/C26H24N4O5/c1-16-21(27-25(35-16)19-6-5-7-23(33-3)24(19)34-4)15-29-12-13-30-22(26(29)31)14-20(28-30)17-8-10-18(32-2)11-9-17/h5-14H,15H2,1-4H3. The molecule has 9 nitrogen and oxygen atoms in total. The van der Waals surface area contributed by atoms with Gasteiger partial charge in [0.25, 0.3) is 5.56 Å². The van der Waals surface area contributed by atoms with Gasteiger partial charge in [-0.3, -0.25) is 4.79 Å². The van der Waals surface area contributed by atoms with Gasteiger partial charge in [0.15, 0.2) is 11.5 Å². The van der Waals surface area contributed by atoms with Crippen LogP contribution in [0.5, 0.6) is 17.2 Å². The Balaban J connectivity index is 1.48. The van der Waals surface area contributed by atoms with Gasteiger partial charge in [-0.25, -0.2) is 9.50 Å². The highest BCUT2D eigenvalue weighted by molar-refractivity contribution is 5.68. The summed E-state index contributed by atoms with van der Waals surface area (Å²) in [6.45, 7) is 2.07. The van der Waals surface area contributed by atoms with Gasteiger partial charge in [-0.15, -0.1) is 0 Å². The maximum Gasteiger partial charge on any atom is 0.276 e. The second kappa shape index (κ2) is 9.02. The molecule has 5 aromatic rings. The number of aromatic nitrogens is 4. The second-order valence-electron chi connectivity index (χ2n) is 7.88. The molecule has 0 aliphatic rings. The van der Waals surface area contributed by atoms with Crippen LogP contribution in [0.2, 0.25) is 0 Å². The molecule has 0 fully saturated rings. The highest BCUT2D eigenvalue weighted by Crippen LogP contribution is 2.38. The number of hydrogen-bond donors (Lipinski definition) is 0. The van der Waals surface area contributed by atoms with Crippen molar-refractivity contribution in [2.24, 2.45) is 0 Å². The zero-order valence-corrected chi connectivity index (χ0v) is 19.8. The van der Waals surface area contributed by atoms with E-state index in [-0.39, 0.29) is 12.1 Å². The lowest BCUT2D eigenvalue weighted by molar-refractivity contribution is 0.355. The Morgan fingerprint density at radius 3 is 2.49 bits per heavy atom. The van der Waals surface area contributed by atoms with Gasteiger partial charge in [0.1, 0.15) is 22.7 Å². The van der Waals surface area contributed by atoms with Gasteiger partial charge in [-0.2, -0.15) is 5.10 Å². The molecule has 0 saturated carbocycles. The van der Waals surface area contributed by atoms with E-state index < -0.39 is 0 Å². The largest absolute Gasteiger partial charge is 0.497 e. The lowest BCUT2D eigenvalue weighted by Crippen LogP contribution is -2.22. The molecule has 0 bridgehead atoms. The van der Waals surface area contributed by atoms with E-state index in [1.807, 2.05) is 43.3 Å². The Hall–Kier alpha value is -4.53. The second-order valence-corrected chi connectivity index (χ2v) is 7.88. The summed E-state index contributed by atoms with van der Waals surface area (Å²) in [6.07, 6.45) is 3.45. The van der Waals surface area contributed by atoms with E-state index in [0.717, 1.165) is 11.3 Å². The Bertz CT molecular complexity index is 1560. The summed E-state index contributed by atoms with van der Waals surface area (Å²) in [5, 5.41) is 4.55. The van der Waals surface area contributed by atoms with Crippen LogP contribution in [-0.4, -0.2) is 40.5 Å². The first kappa shape index (κ1) is 22.3. The van der Waals surface area contributed by atoms with E-state index in [1.54, 1.807) is 54.9 Å². The monoisotopic (exact) mass is 472 g/mol. The fourth-order valence-corrected chi connectivity index (χ4v) is 3.96. The predicted octanol–water partition coefficient (Wildman–Crippen LogP) is 4.20. The molecule has 0 aliphatic heterocycles. The van der Waals surface area contributed by atoms with Crippen LogP contribution in [0, 0.1) is 6.92 Å². The number of ether oxygens (including phenoxy) is 3. The van der Waals surface area contributed by atoms with Crippen molar-refractivity contribution in [1.82, 2.24) is 19.2 Å². The normalized spacial score (nSPS) is 11.1. The first-order chi connectivity index (χ1) is 17.0. The summed E-state index contributed by atoms with van der Waals surface area (Å²) in [6, 6.07) is 14.8. The Morgan fingerprint density at radius 2 is 1.77 bits per heavy atom. The summed E-state index contributed by atoms with van der Waals surface area (Å²) in [5.74, 6) is 2.88. The number of benzene rings is 2. The van der Waals surface area contributed by atoms with Crippen LogP contribution in [0.25, 0.3) is 28.2 Å². The van der Waals surface area contributed by atoms with E-state index in [1.165, 1.54) is 0 Å². The van der Waals surface area contributed by atoms with Crippen LogP contribution >= 0.6 is 0 Å². The summed E-state index contributed by atoms with van der Waals surface area (Å²) < 4.78 is 25.2. The molecule has 3 heterocycles. The van der Waals surface area contributed by atoms with Crippen molar-refractivity contribution >= 4 is 5.52 Å². The molecule has 3 aromatic heterocycles. The van der Waals surface area contributed by atoms with Gasteiger partial charge in [0.2, 0.25) is 5.89 Å². The van der Waals surface area contributed by atoms with Crippen molar-refractivity contribution in [3.8, 4) is 40.0 Å². The first-order valence-electron chi connectivity index (χ1n) is 10.9. The topological polar surface area (TPSA) is 93.0 Å². The van der Waals surface area contributed by atoms with Crippen molar-refractivity contribution in [1.29, 1.82) is 0 Å². The van der Waals surface area contributed by atoms with Crippen molar-refractivity contribution < 1.29 is 18.6 Å². The van der Waals surface area contributed by atoms with E-state index >= 15 is 0 Å². The van der Waals surface area contributed by atoms with Crippen molar-refractivity contribution in [2.75, 3.05) is 21.3 Å². The Kier molecular flexibility index (Phi) is 5.74. The quantitative estimate of drug-likeness (QED) is 0.350. The fraction of sp³-hybridized carbons (Fsp3) is 0.192. The van der Waals surface area contributed by atoms with Crippen molar-refractivity contribution in [3.63, 3.8) is 0 Å². The molecule has 0 radical (unpaired) electrons. The average molecular weight is 473 g/mol. The fourth-order valence-electron chi connectivity index (χ4n) is 3.96. The molecule has 0 saturated heterocycles.